The Hall–Kier alpha value is -3.28. The number of amides is 1. The number of rotatable bonds is 3. The summed E-state index contributed by atoms with van der Waals surface area (Å²) in [6.07, 6.45) is 1.47. The first-order valence-corrected chi connectivity index (χ1v) is 6.50. The van der Waals surface area contributed by atoms with E-state index in [-0.39, 0.29) is 17.2 Å². The third-order valence-electron chi connectivity index (χ3n) is 3.17. The minimum Gasteiger partial charge on any atom is -0.478 e. The first-order valence-electron chi connectivity index (χ1n) is 6.50. The van der Waals surface area contributed by atoms with E-state index < -0.39 is 5.97 Å². The third kappa shape index (κ3) is 2.62. The fourth-order valence-corrected chi connectivity index (χ4v) is 2.07. The Morgan fingerprint density at radius 3 is 2.55 bits per heavy atom. The highest BCUT2D eigenvalue weighted by Gasteiger charge is 2.25. The summed E-state index contributed by atoms with van der Waals surface area (Å²) in [5.74, 6) is -1.28. The van der Waals surface area contributed by atoms with Crippen LogP contribution in [0, 0.1) is 0 Å². The molecule has 0 spiro atoms. The molecule has 0 saturated carbocycles. The zero-order valence-corrected chi connectivity index (χ0v) is 11.4. The molecule has 22 heavy (non-hydrogen) atoms. The number of carbonyl (C=O) groups excluding carboxylic acids is 1. The van der Waals surface area contributed by atoms with Crippen molar-refractivity contribution in [2.24, 2.45) is 10.2 Å². The third-order valence-corrected chi connectivity index (χ3v) is 3.17. The van der Waals surface area contributed by atoms with Crippen molar-refractivity contribution < 1.29 is 14.7 Å². The summed E-state index contributed by atoms with van der Waals surface area (Å²) >= 11 is 0. The minimum atomic E-state index is -0.983. The molecule has 1 heterocycles. The van der Waals surface area contributed by atoms with Crippen LogP contribution in [0.3, 0.4) is 0 Å². The standard InChI is InChI=1S/C16H11N3O3/c20-15-14(12-3-1-2-4-13(12)18-15)19-17-9-10-5-7-11(8-6-10)16(21)22/h1-9H,(H,21,22)(H,18,19,20)/b17-9-. The number of para-hydroxylation sites is 1. The molecule has 0 atom stereocenters. The number of benzene rings is 2. The van der Waals surface area contributed by atoms with Gasteiger partial charge in [-0.15, -0.1) is 5.10 Å². The lowest BCUT2D eigenvalue weighted by Gasteiger charge is -1.95. The van der Waals surface area contributed by atoms with Gasteiger partial charge in [0.05, 0.1) is 17.5 Å². The number of aromatic carboxylic acids is 1. The molecular formula is C16H11N3O3. The lowest BCUT2D eigenvalue weighted by Crippen LogP contribution is -2.13. The zero-order chi connectivity index (χ0) is 15.5. The van der Waals surface area contributed by atoms with Gasteiger partial charge in [0, 0.05) is 5.56 Å². The highest BCUT2D eigenvalue weighted by Crippen LogP contribution is 2.22. The van der Waals surface area contributed by atoms with Crippen molar-refractivity contribution in [3.8, 4) is 0 Å². The fourth-order valence-electron chi connectivity index (χ4n) is 2.07. The van der Waals surface area contributed by atoms with Crippen molar-refractivity contribution in [3.63, 3.8) is 0 Å². The first kappa shape index (κ1) is 13.7. The van der Waals surface area contributed by atoms with Crippen molar-refractivity contribution >= 4 is 29.5 Å². The van der Waals surface area contributed by atoms with Crippen molar-refractivity contribution in [1.82, 2.24) is 0 Å². The summed E-state index contributed by atoms with van der Waals surface area (Å²) in [6.45, 7) is 0. The molecule has 6 nitrogen and oxygen atoms in total. The SMILES string of the molecule is O=C1Nc2ccccc2C1=N/N=C\c1ccc(C(=O)O)cc1. The molecule has 0 aliphatic carbocycles. The van der Waals surface area contributed by atoms with Crippen LogP contribution < -0.4 is 5.32 Å². The van der Waals surface area contributed by atoms with Crippen LogP contribution >= 0.6 is 0 Å². The monoisotopic (exact) mass is 293 g/mol. The quantitative estimate of drug-likeness (QED) is 0.671. The molecule has 2 aromatic rings. The lowest BCUT2D eigenvalue weighted by atomic mass is 10.1. The molecule has 0 fully saturated rings. The van der Waals surface area contributed by atoms with Gasteiger partial charge in [-0.1, -0.05) is 30.3 Å². The van der Waals surface area contributed by atoms with Gasteiger partial charge in [-0.3, -0.25) is 4.79 Å². The van der Waals surface area contributed by atoms with E-state index >= 15 is 0 Å². The van der Waals surface area contributed by atoms with Crippen molar-refractivity contribution in [2.45, 2.75) is 0 Å². The van der Waals surface area contributed by atoms with Crippen LogP contribution in [0.4, 0.5) is 5.69 Å². The molecule has 0 bridgehead atoms. The maximum absolute atomic E-state index is 11.8. The van der Waals surface area contributed by atoms with Gasteiger partial charge >= 0.3 is 5.97 Å². The van der Waals surface area contributed by atoms with E-state index in [1.54, 1.807) is 24.3 Å². The maximum atomic E-state index is 11.8. The molecule has 1 aliphatic rings. The normalized spacial score (nSPS) is 15.1. The Kier molecular flexibility index (Phi) is 3.49. The zero-order valence-electron chi connectivity index (χ0n) is 11.4. The van der Waals surface area contributed by atoms with Gasteiger partial charge in [-0.05, 0) is 23.8 Å². The summed E-state index contributed by atoms with van der Waals surface area (Å²) in [5.41, 5.74) is 2.58. The molecule has 0 aromatic heterocycles. The average molecular weight is 293 g/mol. The van der Waals surface area contributed by atoms with Crippen molar-refractivity contribution in [3.05, 3.63) is 65.2 Å². The van der Waals surface area contributed by atoms with E-state index in [0.717, 1.165) is 0 Å². The number of nitrogens with zero attached hydrogens (tertiary/aromatic N) is 2. The van der Waals surface area contributed by atoms with Crippen molar-refractivity contribution in [1.29, 1.82) is 0 Å². The predicted octanol–water partition coefficient (Wildman–Crippen LogP) is 2.16. The maximum Gasteiger partial charge on any atom is 0.335 e. The Morgan fingerprint density at radius 1 is 1.09 bits per heavy atom. The van der Waals surface area contributed by atoms with Gasteiger partial charge in [-0.2, -0.15) is 5.10 Å². The molecule has 0 unspecified atom stereocenters. The predicted molar refractivity (Wildman–Crippen MR) is 82.6 cm³/mol. The summed E-state index contributed by atoms with van der Waals surface area (Å²) < 4.78 is 0. The van der Waals surface area contributed by atoms with Crippen molar-refractivity contribution in [2.75, 3.05) is 5.32 Å². The summed E-state index contributed by atoms with van der Waals surface area (Å²) in [6, 6.07) is 13.4. The number of hydrogen-bond donors (Lipinski definition) is 2. The molecular weight excluding hydrogens is 282 g/mol. The van der Waals surface area contributed by atoms with Crippen LogP contribution in [0.15, 0.2) is 58.7 Å². The van der Waals surface area contributed by atoms with Gasteiger partial charge in [-0.25, -0.2) is 4.79 Å². The molecule has 2 aromatic carbocycles. The Bertz CT molecular complexity index is 808. The number of anilines is 1. The van der Waals surface area contributed by atoms with Gasteiger partial charge < -0.3 is 10.4 Å². The smallest absolute Gasteiger partial charge is 0.335 e. The van der Waals surface area contributed by atoms with Crippen LogP contribution in [-0.2, 0) is 4.79 Å². The molecule has 3 rings (SSSR count). The second kappa shape index (κ2) is 5.61. The topological polar surface area (TPSA) is 91.1 Å². The van der Waals surface area contributed by atoms with Gasteiger partial charge in [0.25, 0.3) is 5.91 Å². The summed E-state index contributed by atoms with van der Waals surface area (Å²) in [5, 5.41) is 19.4. The number of hydrogen-bond acceptors (Lipinski definition) is 4. The number of fused-ring (bicyclic) bond motifs is 1. The number of carboxylic acid groups (broad SMARTS) is 1. The number of carboxylic acids is 1. The number of nitrogens with one attached hydrogen (secondary N) is 1. The van der Waals surface area contributed by atoms with E-state index in [1.165, 1.54) is 18.3 Å². The molecule has 1 amide bonds. The Labute approximate surface area is 125 Å². The van der Waals surface area contributed by atoms with Crippen LogP contribution in [0.2, 0.25) is 0 Å². The van der Waals surface area contributed by atoms with E-state index in [0.29, 0.717) is 16.8 Å². The van der Waals surface area contributed by atoms with Crippen LogP contribution in [0.1, 0.15) is 21.5 Å². The first-order chi connectivity index (χ1) is 10.6. The second-order valence-electron chi connectivity index (χ2n) is 4.62. The van der Waals surface area contributed by atoms with E-state index in [9.17, 15) is 9.59 Å². The second-order valence-corrected chi connectivity index (χ2v) is 4.62. The molecule has 108 valence electrons. The Balaban J connectivity index is 1.82. The van der Waals surface area contributed by atoms with E-state index in [1.807, 2.05) is 12.1 Å². The van der Waals surface area contributed by atoms with Gasteiger partial charge in [0.1, 0.15) is 0 Å². The van der Waals surface area contributed by atoms with Crippen LogP contribution in [-0.4, -0.2) is 28.9 Å². The molecule has 6 heteroatoms. The van der Waals surface area contributed by atoms with E-state index in [2.05, 4.69) is 15.5 Å². The van der Waals surface area contributed by atoms with Crippen LogP contribution in [0.25, 0.3) is 0 Å². The van der Waals surface area contributed by atoms with Crippen LogP contribution in [0.5, 0.6) is 0 Å². The molecule has 0 saturated heterocycles. The largest absolute Gasteiger partial charge is 0.478 e. The highest BCUT2D eigenvalue weighted by molar-refractivity contribution is 6.53. The minimum absolute atomic E-state index is 0.201. The average Bonchev–Trinajstić information content (AvgIpc) is 2.84. The highest BCUT2D eigenvalue weighted by atomic mass is 16.4. The van der Waals surface area contributed by atoms with Gasteiger partial charge in [0.2, 0.25) is 0 Å². The summed E-state index contributed by atoms with van der Waals surface area (Å²) in [4.78, 5) is 22.6. The lowest BCUT2D eigenvalue weighted by molar-refractivity contribution is -0.110. The summed E-state index contributed by atoms with van der Waals surface area (Å²) in [7, 11) is 0. The molecule has 1 aliphatic heterocycles. The fraction of sp³-hybridized carbons (Fsp3) is 0. The molecule has 0 radical (unpaired) electrons. The molecule has 2 N–H and O–H groups in total. The Morgan fingerprint density at radius 2 is 1.82 bits per heavy atom. The van der Waals surface area contributed by atoms with E-state index in [4.69, 9.17) is 5.11 Å². The van der Waals surface area contributed by atoms with Gasteiger partial charge in [0.15, 0.2) is 5.71 Å². The number of carbonyl (C=O) groups is 2.